The molecular weight excluding hydrogens is 438 g/mol. The lowest BCUT2D eigenvalue weighted by Crippen LogP contribution is -2.40. The van der Waals surface area contributed by atoms with Gasteiger partial charge in [-0.1, -0.05) is 6.07 Å². The van der Waals surface area contributed by atoms with Gasteiger partial charge >= 0.3 is 0 Å². The summed E-state index contributed by atoms with van der Waals surface area (Å²) in [6.45, 7) is 3.25. The smallest absolute Gasteiger partial charge is 0.257 e. The molecule has 1 amide bonds. The van der Waals surface area contributed by atoms with Gasteiger partial charge in [-0.2, -0.15) is 0 Å². The average Bonchev–Trinajstić information content (AvgIpc) is 3.29. The van der Waals surface area contributed by atoms with Crippen LogP contribution in [0.2, 0.25) is 0 Å². The van der Waals surface area contributed by atoms with Crippen LogP contribution >= 0.6 is 0 Å². The van der Waals surface area contributed by atoms with Crippen molar-refractivity contribution in [1.82, 2.24) is 14.9 Å². The predicted molar refractivity (Wildman–Crippen MR) is 116 cm³/mol. The van der Waals surface area contributed by atoms with Crippen LogP contribution in [0.3, 0.4) is 0 Å². The van der Waals surface area contributed by atoms with E-state index in [9.17, 15) is 23.5 Å². The van der Waals surface area contributed by atoms with E-state index in [1.807, 2.05) is 4.90 Å². The molecule has 0 saturated carbocycles. The molecule has 0 unspecified atom stereocenters. The Kier molecular flexibility index (Phi) is 8.37. The molecule has 1 fully saturated rings. The second kappa shape index (κ2) is 11.2. The molecule has 2 aromatic rings. The molecule has 1 aromatic heterocycles. The van der Waals surface area contributed by atoms with E-state index in [1.54, 1.807) is 7.11 Å². The summed E-state index contributed by atoms with van der Waals surface area (Å²) in [6.07, 6.45) is 3.33. The number of rotatable bonds is 10. The number of carbonyl (C=O) groups is 1. The predicted octanol–water partition coefficient (Wildman–Crippen LogP) is 1.66. The zero-order valence-corrected chi connectivity index (χ0v) is 18.6. The number of aromatic hydroxyl groups is 1. The van der Waals surface area contributed by atoms with Crippen molar-refractivity contribution in [2.45, 2.75) is 32.4 Å². The molecule has 1 saturated heterocycles. The molecule has 1 aliphatic rings. The lowest BCUT2D eigenvalue weighted by molar-refractivity contribution is 0.0185. The van der Waals surface area contributed by atoms with Crippen molar-refractivity contribution in [1.29, 1.82) is 0 Å². The quantitative estimate of drug-likeness (QED) is 0.458. The van der Waals surface area contributed by atoms with Crippen molar-refractivity contribution < 1.29 is 28.2 Å². The molecule has 0 spiro atoms. The Labute approximate surface area is 189 Å². The van der Waals surface area contributed by atoms with Crippen LogP contribution in [-0.4, -0.2) is 60.4 Å². The number of hydrogen-bond donors (Lipinski definition) is 3. The maximum Gasteiger partial charge on any atom is 0.257 e. The van der Waals surface area contributed by atoms with Crippen LogP contribution in [0.1, 0.15) is 34.5 Å². The van der Waals surface area contributed by atoms with Gasteiger partial charge in [-0.25, -0.2) is 8.78 Å². The fourth-order valence-corrected chi connectivity index (χ4v) is 3.55. The van der Waals surface area contributed by atoms with Crippen molar-refractivity contribution in [3.8, 4) is 5.75 Å². The Morgan fingerprint density at radius 1 is 1.39 bits per heavy atom. The first-order valence-electron chi connectivity index (χ1n) is 10.5. The summed E-state index contributed by atoms with van der Waals surface area (Å²) in [6, 6.07) is 2.98. The largest absolute Gasteiger partial charge is 0.503 e. The van der Waals surface area contributed by atoms with Crippen LogP contribution in [-0.2, 0) is 16.0 Å². The first kappa shape index (κ1) is 24.6. The first-order valence-corrected chi connectivity index (χ1v) is 10.5. The third-order valence-electron chi connectivity index (χ3n) is 5.38. The Balaban J connectivity index is 1.71. The monoisotopic (exact) mass is 466 g/mol. The third kappa shape index (κ3) is 6.28. The van der Waals surface area contributed by atoms with Gasteiger partial charge in [-0.15, -0.1) is 0 Å². The molecule has 33 heavy (non-hydrogen) atoms. The molecule has 11 heteroatoms. The standard InChI is InChI=1S/C22H28F2N4O5/c1-14-20(29)21(30)18(22(31)25-9-15-5-6-16(23)8-19(15)24)11-28(14)26-12-27(13-32-2)10-17-4-3-7-33-17/h5-6,8,11,17,26,29H,3-4,7,9-10,12-13H2,1-2H3,(H,25,31)/t17-/m0/s1. The fraction of sp³-hybridized carbons (Fsp3) is 0.455. The van der Waals surface area contributed by atoms with E-state index in [1.165, 1.54) is 23.9 Å². The number of aromatic nitrogens is 1. The second-order valence-corrected chi connectivity index (χ2v) is 7.82. The van der Waals surface area contributed by atoms with Crippen LogP contribution < -0.4 is 16.2 Å². The minimum absolute atomic E-state index is 0.0591. The third-order valence-corrected chi connectivity index (χ3v) is 5.38. The molecule has 1 aliphatic heterocycles. The van der Waals surface area contributed by atoms with Gasteiger partial charge in [0, 0.05) is 44.6 Å². The minimum Gasteiger partial charge on any atom is -0.503 e. The molecular formula is C22H28F2N4O5. The summed E-state index contributed by atoms with van der Waals surface area (Å²) < 4.78 is 39.1. The van der Waals surface area contributed by atoms with E-state index in [4.69, 9.17) is 9.47 Å². The molecule has 0 aliphatic carbocycles. The topological polar surface area (TPSA) is 105 Å². The Morgan fingerprint density at radius 3 is 2.85 bits per heavy atom. The minimum atomic E-state index is -0.851. The van der Waals surface area contributed by atoms with Gasteiger partial charge in [0.05, 0.1) is 18.5 Å². The highest BCUT2D eigenvalue weighted by Gasteiger charge is 2.21. The number of methoxy groups -OCH3 is 1. The van der Waals surface area contributed by atoms with Gasteiger partial charge in [-0.05, 0) is 25.8 Å². The van der Waals surface area contributed by atoms with Crippen LogP contribution in [0, 0.1) is 18.6 Å². The molecule has 1 aromatic carbocycles. The summed E-state index contributed by atoms with van der Waals surface area (Å²) in [4.78, 5) is 27.0. The van der Waals surface area contributed by atoms with Gasteiger partial charge in [-0.3, -0.25) is 19.2 Å². The van der Waals surface area contributed by atoms with E-state index < -0.39 is 28.7 Å². The molecule has 180 valence electrons. The number of amides is 1. The Bertz CT molecular complexity index is 1040. The SMILES string of the molecule is COCN(CNn1cc(C(=O)NCc2ccc(F)cc2F)c(=O)c(O)c1C)C[C@@H]1CCCO1. The summed E-state index contributed by atoms with van der Waals surface area (Å²) in [5, 5.41) is 12.7. The Morgan fingerprint density at radius 2 is 2.18 bits per heavy atom. The molecule has 0 bridgehead atoms. The van der Waals surface area contributed by atoms with Crippen LogP contribution in [0.5, 0.6) is 5.75 Å². The number of ether oxygens (including phenoxy) is 2. The van der Waals surface area contributed by atoms with Crippen molar-refractivity contribution >= 4 is 5.91 Å². The normalized spacial score (nSPS) is 15.7. The van der Waals surface area contributed by atoms with E-state index in [-0.39, 0.29) is 29.5 Å². The van der Waals surface area contributed by atoms with Gasteiger partial charge in [0.1, 0.15) is 23.9 Å². The highest BCUT2D eigenvalue weighted by Crippen LogP contribution is 2.14. The highest BCUT2D eigenvalue weighted by molar-refractivity contribution is 5.94. The van der Waals surface area contributed by atoms with E-state index in [2.05, 4.69) is 10.7 Å². The lowest BCUT2D eigenvalue weighted by atomic mass is 10.2. The number of benzene rings is 1. The summed E-state index contributed by atoms with van der Waals surface area (Å²) in [7, 11) is 1.57. The molecule has 9 nitrogen and oxygen atoms in total. The first-order chi connectivity index (χ1) is 15.8. The Hall–Kier alpha value is -3.02. The van der Waals surface area contributed by atoms with Crippen molar-refractivity contribution in [2.24, 2.45) is 0 Å². The number of hydrogen-bond acceptors (Lipinski definition) is 7. The molecule has 3 N–H and O–H groups in total. The molecule has 0 radical (unpaired) electrons. The number of nitrogens with zero attached hydrogens (tertiary/aromatic N) is 2. The summed E-state index contributed by atoms with van der Waals surface area (Å²) >= 11 is 0. The number of carbonyl (C=O) groups excluding carboxylic acids is 1. The van der Waals surface area contributed by atoms with Crippen molar-refractivity contribution in [3.63, 3.8) is 0 Å². The zero-order valence-electron chi connectivity index (χ0n) is 18.6. The van der Waals surface area contributed by atoms with Gasteiger partial charge in [0.15, 0.2) is 5.75 Å². The summed E-state index contributed by atoms with van der Waals surface area (Å²) in [5.41, 5.74) is 2.15. The van der Waals surface area contributed by atoms with Gasteiger partial charge in [0.25, 0.3) is 5.91 Å². The average molecular weight is 466 g/mol. The van der Waals surface area contributed by atoms with Crippen LogP contribution in [0.15, 0.2) is 29.2 Å². The number of nitrogens with one attached hydrogen (secondary N) is 2. The lowest BCUT2D eigenvalue weighted by Gasteiger charge is -2.26. The number of pyridine rings is 1. The second-order valence-electron chi connectivity index (χ2n) is 7.82. The fourth-order valence-electron chi connectivity index (χ4n) is 3.55. The van der Waals surface area contributed by atoms with Crippen LogP contribution in [0.4, 0.5) is 8.78 Å². The zero-order chi connectivity index (χ0) is 24.0. The van der Waals surface area contributed by atoms with Gasteiger partial charge < -0.3 is 25.3 Å². The highest BCUT2D eigenvalue weighted by atomic mass is 19.1. The molecule has 3 rings (SSSR count). The van der Waals surface area contributed by atoms with E-state index >= 15 is 0 Å². The van der Waals surface area contributed by atoms with Crippen molar-refractivity contribution in [2.75, 3.05) is 39.1 Å². The molecule has 2 heterocycles. The van der Waals surface area contributed by atoms with E-state index in [0.717, 1.165) is 25.5 Å². The van der Waals surface area contributed by atoms with Gasteiger partial charge in [0.2, 0.25) is 5.43 Å². The maximum absolute atomic E-state index is 13.8. The number of halogens is 2. The summed E-state index contributed by atoms with van der Waals surface area (Å²) in [5.74, 6) is -2.93. The van der Waals surface area contributed by atoms with E-state index in [0.29, 0.717) is 26.0 Å². The van der Waals surface area contributed by atoms with Crippen molar-refractivity contribution in [3.05, 3.63) is 63.1 Å². The molecule has 1 atom stereocenters. The van der Waals surface area contributed by atoms with Crippen LogP contribution in [0.25, 0.3) is 0 Å². The maximum atomic E-state index is 13.8.